The molecule has 2 rings (SSSR count). The number of nitrogens with two attached hydrogens (primary N) is 1. The van der Waals surface area contributed by atoms with Crippen molar-refractivity contribution in [1.29, 1.82) is 0 Å². The van der Waals surface area contributed by atoms with Gasteiger partial charge in [0.25, 0.3) is 15.9 Å². The van der Waals surface area contributed by atoms with Gasteiger partial charge in [-0.25, -0.2) is 17.5 Å². The second kappa shape index (κ2) is 11.9. The fourth-order valence-corrected chi connectivity index (χ4v) is 4.61. The van der Waals surface area contributed by atoms with Gasteiger partial charge in [-0.3, -0.25) is 9.59 Å². The molecule has 0 saturated heterocycles. The maximum atomic E-state index is 15.7. The predicted molar refractivity (Wildman–Crippen MR) is 123 cm³/mol. The fraction of sp³-hybridized carbons (Fsp3) is 0.391. The van der Waals surface area contributed by atoms with Crippen LogP contribution in [0.15, 0.2) is 47.4 Å². The highest BCUT2D eigenvalue weighted by molar-refractivity contribution is 7.90. The van der Waals surface area contributed by atoms with E-state index in [0.717, 1.165) is 13.3 Å². The third kappa shape index (κ3) is 6.83. The van der Waals surface area contributed by atoms with Crippen molar-refractivity contribution in [3.8, 4) is 11.1 Å². The average Bonchev–Trinajstić information content (AvgIpc) is 2.78. The molecule has 33 heavy (non-hydrogen) atoms. The highest BCUT2D eigenvalue weighted by Crippen LogP contribution is 2.32. The van der Waals surface area contributed by atoms with Crippen LogP contribution in [0, 0.1) is 5.82 Å². The van der Waals surface area contributed by atoms with Crippen molar-refractivity contribution in [3.05, 3.63) is 53.8 Å². The van der Waals surface area contributed by atoms with Gasteiger partial charge in [-0.15, -0.1) is 0 Å². The Balaban J connectivity index is 2.58. The van der Waals surface area contributed by atoms with Gasteiger partial charge in [-0.2, -0.15) is 0 Å². The molecule has 0 aliphatic rings. The quantitative estimate of drug-likeness (QED) is 0.453. The van der Waals surface area contributed by atoms with Crippen LogP contribution < -0.4 is 10.5 Å². The van der Waals surface area contributed by atoms with Gasteiger partial charge in [0.15, 0.2) is 0 Å². The number of sulfonamides is 1. The molecule has 0 unspecified atom stereocenters. The van der Waals surface area contributed by atoms with Crippen LogP contribution in [0.25, 0.3) is 11.1 Å². The molecule has 0 saturated carbocycles. The van der Waals surface area contributed by atoms with Crippen LogP contribution in [-0.4, -0.2) is 49.4 Å². The van der Waals surface area contributed by atoms with E-state index in [1.165, 1.54) is 17.0 Å². The molecule has 0 radical (unpaired) electrons. The first-order valence-electron chi connectivity index (χ1n) is 10.7. The second-order valence-corrected chi connectivity index (χ2v) is 9.25. The first-order valence-corrected chi connectivity index (χ1v) is 12.2. The van der Waals surface area contributed by atoms with E-state index in [-0.39, 0.29) is 43.1 Å². The number of nitrogens with one attached hydrogen (secondary N) is 1. The molecule has 2 aromatic rings. The summed E-state index contributed by atoms with van der Waals surface area (Å²) < 4.78 is 43.5. The van der Waals surface area contributed by atoms with E-state index < -0.39 is 32.7 Å². The summed E-state index contributed by atoms with van der Waals surface area (Å²) in [6.45, 7) is 3.22. The number of halogens is 1. The monoisotopic (exact) mass is 479 g/mol. The molecule has 180 valence electrons. The normalized spacial score (nSPS) is 12.3. The fourth-order valence-electron chi connectivity index (χ4n) is 3.23. The average molecular weight is 480 g/mol. The molecule has 0 spiro atoms. The molecule has 1 atom stereocenters. The molecule has 0 aliphatic carbocycles. The molecule has 4 N–H and O–H groups in total. The van der Waals surface area contributed by atoms with E-state index in [4.69, 9.17) is 5.73 Å². The molecule has 2 aromatic carbocycles. The highest BCUT2D eigenvalue weighted by Gasteiger charge is 2.30. The van der Waals surface area contributed by atoms with Crippen LogP contribution in [0.2, 0.25) is 0 Å². The molecule has 0 aliphatic heterocycles. The Hall–Kier alpha value is -2.82. The van der Waals surface area contributed by atoms with Gasteiger partial charge in [-0.05, 0) is 18.9 Å². The van der Waals surface area contributed by atoms with Gasteiger partial charge in [0.1, 0.15) is 16.8 Å². The number of nitrogens with zero attached hydrogens (tertiary/aromatic N) is 1. The van der Waals surface area contributed by atoms with Crippen molar-refractivity contribution in [2.75, 3.05) is 13.1 Å². The van der Waals surface area contributed by atoms with Crippen molar-refractivity contribution in [1.82, 2.24) is 9.62 Å². The molecule has 8 nitrogen and oxygen atoms in total. The van der Waals surface area contributed by atoms with E-state index in [2.05, 4.69) is 0 Å². The lowest BCUT2D eigenvalue weighted by Gasteiger charge is -2.23. The zero-order valence-electron chi connectivity index (χ0n) is 18.8. The first kappa shape index (κ1) is 26.4. The van der Waals surface area contributed by atoms with Crippen LogP contribution in [0.4, 0.5) is 4.39 Å². The topological polar surface area (TPSA) is 130 Å². The van der Waals surface area contributed by atoms with Gasteiger partial charge < -0.3 is 15.7 Å². The number of hydrogen-bond donors (Lipinski definition) is 3. The molecule has 2 amide bonds. The Bertz CT molecular complexity index is 1080. The Kier molecular flexibility index (Phi) is 9.51. The minimum Gasteiger partial charge on any atom is -0.384 e. The summed E-state index contributed by atoms with van der Waals surface area (Å²) in [7, 11) is -4.68. The summed E-state index contributed by atoms with van der Waals surface area (Å²) in [4.78, 5) is 25.1. The number of aliphatic hydroxyl groups is 1. The number of amides is 2. The highest BCUT2D eigenvalue weighted by atomic mass is 32.2. The summed E-state index contributed by atoms with van der Waals surface area (Å²) in [6.07, 6.45) is 0.145. The maximum Gasteiger partial charge on any atom is 0.267 e. The Morgan fingerprint density at radius 1 is 1.18 bits per heavy atom. The molecule has 0 heterocycles. The number of rotatable bonds is 11. The van der Waals surface area contributed by atoms with E-state index in [1.807, 2.05) is 6.92 Å². The van der Waals surface area contributed by atoms with Gasteiger partial charge in [-0.1, -0.05) is 55.8 Å². The Morgan fingerprint density at radius 3 is 2.42 bits per heavy atom. The number of carbonyl (C=O) groups is 2. The molecule has 0 bridgehead atoms. The third-order valence-corrected chi connectivity index (χ3v) is 6.41. The second-order valence-electron chi connectivity index (χ2n) is 7.63. The van der Waals surface area contributed by atoms with Crippen LogP contribution in [-0.2, 0) is 26.2 Å². The van der Waals surface area contributed by atoms with Crippen molar-refractivity contribution in [2.24, 2.45) is 5.73 Å². The Morgan fingerprint density at radius 2 is 1.85 bits per heavy atom. The summed E-state index contributed by atoms with van der Waals surface area (Å²) in [6, 6.07) is 11.1. The number of hydrogen-bond acceptors (Lipinski definition) is 6. The van der Waals surface area contributed by atoms with Gasteiger partial charge in [0.2, 0.25) is 5.91 Å². The predicted octanol–water partition coefficient (Wildman–Crippen LogP) is 2.16. The number of carbonyl (C=O) groups excluding carboxylic acids is 2. The van der Waals surface area contributed by atoms with Crippen molar-refractivity contribution in [3.63, 3.8) is 0 Å². The standard InChI is InChI=1S/C23H30FN3O5S/c1-3-4-10-20(29)27(14-13-25)15-18-11-12-19(17-8-6-5-7-9-17)22(21(18)24)33(31,32)26-23(30)16(2)28/h5-9,11-12,16,28H,3-4,10,13-15,25H2,1-2H3,(H,26,30)/t16-/m0/s1. The summed E-state index contributed by atoms with van der Waals surface area (Å²) in [5.41, 5.74) is 6.05. The molecular formula is C23H30FN3O5S. The zero-order chi connectivity index (χ0) is 24.6. The lowest BCUT2D eigenvalue weighted by Crippen LogP contribution is -2.38. The summed E-state index contributed by atoms with van der Waals surface area (Å²) in [5, 5.41) is 9.43. The van der Waals surface area contributed by atoms with E-state index in [0.29, 0.717) is 12.0 Å². The summed E-state index contributed by atoms with van der Waals surface area (Å²) >= 11 is 0. The molecule has 0 fully saturated rings. The smallest absolute Gasteiger partial charge is 0.267 e. The SMILES string of the molecule is CCCCC(=O)N(CCN)Cc1ccc(-c2ccccc2)c(S(=O)(=O)NC(=O)[C@H](C)O)c1F. The first-order chi connectivity index (χ1) is 15.6. The molecule has 0 aromatic heterocycles. The third-order valence-electron chi connectivity index (χ3n) is 5.00. The lowest BCUT2D eigenvalue weighted by molar-refractivity contribution is -0.131. The van der Waals surface area contributed by atoms with Gasteiger partial charge in [0, 0.05) is 37.2 Å². The number of aliphatic hydroxyl groups excluding tert-OH is 1. The van der Waals surface area contributed by atoms with Crippen molar-refractivity contribution >= 4 is 21.8 Å². The van der Waals surface area contributed by atoms with Crippen LogP contribution >= 0.6 is 0 Å². The van der Waals surface area contributed by atoms with E-state index in [1.54, 1.807) is 35.1 Å². The van der Waals surface area contributed by atoms with Crippen molar-refractivity contribution < 1.29 is 27.5 Å². The van der Waals surface area contributed by atoms with E-state index >= 15 is 4.39 Å². The molecular weight excluding hydrogens is 449 g/mol. The zero-order valence-corrected chi connectivity index (χ0v) is 19.6. The number of unbranched alkanes of at least 4 members (excludes halogenated alkanes) is 1. The number of benzene rings is 2. The van der Waals surface area contributed by atoms with E-state index in [9.17, 15) is 23.1 Å². The van der Waals surface area contributed by atoms with Crippen LogP contribution in [0.3, 0.4) is 0 Å². The maximum absolute atomic E-state index is 15.7. The van der Waals surface area contributed by atoms with Crippen molar-refractivity contribution in [2.45, 2.75) is 50.7 Å². The minimum atomic E-state index is -4.68. The molecule has 10 heteroatoms. The summed E-state index contributed by atoms with van der Waals surface area (Å²) in [5.74, 6) is -2.47. The largest absolute Gasteiger partial charge is 0.384 e. The van der Waals surface area contributed by atoms with Gasteiger partial charge >= 0.3 is 0 Å². The Labute approximate surface area is 193 Å². The van der Waals surface area contributed by atoms with Crippen LogP contribution in [0.5, 0.6) is 0 Å². The van der Waals surface area contributed by atoms with Crippen LogP contribution in [0.1, 0.15) is 38.7 Å². The van der Waals surface area contributed by atoms with Gasteiger partial charge in [0.05, 0.1) is 0 Å². The minimum absolute atomic E-state index is 0.0298. The lowest BCUT2D eigenvalue weighted by atomic mass is 10.0.